The second-order valence-corrected chi connectivity index (χ2v) is 16.1. The van der Waals surface area contributed by atoms with E-state index in [4.69, 9.17) is 22.8 Å². The number of hydrogen-bond donors (Lipinski definition) is 0. The maximum atomic E-state index is 6.51. The Bertz CT molecular complexity index is 435. The van der Waals surface area contributed by atoms with Crippen LogP contribution < -0.4 is 0 Å². The Balaban J connectivity index is 5.53. The van der Waals surface area contributed by atoms with Gasteiger partial charge in [-0.25, -0.2) is 18.1 Å². The van der Waals surface area contributed by atoms with Crippen molar-refractivity contribution in [1.82, 2.24) is 4.90 Å². The van der Waals surface area contributed by atoms with Crippen LogP contribution in [0, 0.1) is 0 Å². The minimum Gasteiger partial charge on any atom is -0.379 e. The highest BCUT2D eigenvalue weighted by Gasteiger charge is 2.43. The number of ether oxygens (including phenoxy) is 1. The molecule has 0 heterocycles. The third kappa shape index (κ3) is 17.3. The van der Waals surface area contributed by atoms with Crippen molar-refractivity contribution in [2.45, 2.75) is 106 Å². The third-order valence-corrected chi connectivity index (χ3v) is 12.5. The van der Waals surface area contributed by atoms with Crippen LogP contribution in [0.25, 0.3) is 0 Å². The van der Waals surface area contributed by atoms with Crippen LogP contribution in [0.3, 0.4) is 0 Å². The molecular weight excluding hydrogens is 492 g/mol. The van der Waals surface area contributed by atoms with Gasteiger partial charge in [-0.3, -0.25) is 4.90 Å². The molecule has 36 heavy (non-hydrogen) atoms. The van der Waals surface area contributed by atoms with E-state index in [1.54, 1.807) is 0 Å². The Morgan fingerprint density at radius 2 is 0.889 bits per heavy atom. The zero-order chi connectivity index (χ0) is 27.1. The summed E-state index contributed by atoms with van der Waals surface area (Å²) in [6, 6.07) is 0. The molecule has 0 unspecified atom stereocenters. The summed E-state index contributed by atoms with van der Waals surface area (Å²) in [6.45, 7) is 24.4. The van der Waals surface area contributed by atoms with Gasteiger partial charge in [-0.15, -0.1) is 0 Å². The predicted molar refractivity (Wildman–Crippen MR) is 161 cm³/mol. The lowest BCUT2D eigenvalue weighted by molar-refractivity contribution is 0.0711. The highest BCUT2D eigenvalue weighted by atomic mass is 31.2. The minimum absolute atomic E-state index is 0.277. The average Bonchev–Trinajstić information content (AvgIpc) is 2.87. The monoisotopic (exact) mass is 555 g/mol. The van der Waals surface area contributed by atoms with E-state index in [1.807, 2.05) is 0 Å². The van der Waals surface area contributed by atoms with Gasteiger partial charge >= 0.3 is 0 Å². The molecule has 0 radical (unpaired) electrons. The Morgan fingerprint density at radius 1 is 0.500 bits per heavy atom. The number of rotatable bonds is 27. The van der Waals surface area contributed by atoms with Gasteiger partial charge in [-0.1, -0.05) is 41.5 Å². The molecule has 6 nitrogen and oxygen atoms in total. The first kappa shape index (κ1) is 36.6. The first-order chi connectivity index (χ1) is 17.4. The van der Waals surface area contributed by atoms with Gasteiger partial charge in [0.1, 0.15) is 24.6 Å². The minimum atomic E-state index is -1.88. The summed E-state index contributed by atoms with van der Waals surface area (Å²) in [5.74, 6) is 0. The third-order valence-electron chi connectivity index (χ3n) is 5.84. The Morgan fingerprint density at radius 3 is 1.19 bits per heavy atom. The topological polar surface area (TPSA) is 49.4 Å². The first-order valence-electron chi connectivity index (χ1n) is 15.0. The van der Waals surface area contributed by atoms with Crippen molar-refractivity contribution in [1.29, 1.82) is 0 Å². The molecule has 0 aliphatic carbocycles. The summed E-state index contributed by atoms with van der Waals surface area (Å²) < 4.78 is 31.9. The van der Waals surface area contributed by atoms with E-state index < -0.39 is 15.4 Å². The van der Waals surface area contributed by atoms with Crippen LogP contribution >= 0.6 is 15.4 Å². The van der Waals surface area contributed by atoms with Gasteiger partial charge in [-0.2, -0.15) is 0 Å². The highest BCUT2D eigenvalue weighted by molar-refractivity contribution is 7.66. The molecule has 0 rings (SSSR count). The van der Waals surface area contributed by atoms with Crippen LogP contribution in [-0.2, 0) is 22.8 Å². The SMILES string of the molecule is CCCO[P+](CCC)(CCN(CCCOC(C)C)CC[P+](CCC)(OCCC)OCCC)OCCC. The summed E-state index contributed by atoms with van der Waals surface area (Å²) in [7, 11) is -3.75. The second-order valence-electron chi connectivity index (χ2n) is 9.97. The van der Waals surface area contributed by atoms with Gasteiger partial charge in [0.05, 0.1) is 32.5 Å². The summed E-state index contributed by atoms with van der Waals surface area (Å²) in [5, 5.41) is 0. The Hall–Kier alpha value is 0.620. The van der Waals surface area contributed by atoms with Gasteiger partial charge in [0.15, 0.2) is 0 Å². The Labute approximate surface area is 226 Å². The molecule has 0 aliphatic heterocycles. The van der Waals surface area contributed by atoms with E-state index >= 15 is 0 Å². The zero-order valence-electron chi connectivity index (χ0n) is 25.4. The molecule has 0 atom stereocenters. The lowest BCUT2D eigenvalue weighted by atomic mass is 10.4. The number of nitrogens with zero attached hydrogens (tertiary/aromatic N) is 1. The first-order valence-corrected chi connectivity index (χ1v) is 19.0. The molecule has 0 aromatic heterocycles. The molecule has 0 aromatic carbocycles. The summed E-state index contributed by atoms with van der Waals surface area (Å²) in [4.78, 5) is 2.60. The molecule has 0 spiro atoms. The molecule has 0 aliphatic rings. The van der Waals surface area contributed by atoms with Crippen molar-refractivity contribution in [2.24, 2.45) is 0 Å². The van der Waals surface area contributed by atoms with E-state index in [-0.39, 0.29) is 6.10 Å². The summed E-state index contributed by atoms with van der Waals surface area (Å²) in [5.41, 5.74) is 0. The van der Waals surface area contributed by atoms with Crippen molar-refractivity contribution in [3.8, 4) is 0 Å². The van der Waals surface area contributed by atoms with Gasteiger partial charge in [-0.05, 0) is 58.8 Å². The normalized spacial score (nSPS) is 12.8. The van der Waals surface area contributed by atoms with E-state index in [0.717, 1.165) is 122 Å². The quantitative estimate of drug-likeness (QED) is 0.0750. The maximum Gasteiger partial charge on any atom is 0.276 e. The van der Waals surface area contributed by atoms with Gasteiger partial charge in [0.2, 0.25) is 0 Å². The summed E-state index contributed by atoms with van der Waals surface area (Å²) >= 11 is 0. The van der Waals surface area contributed by atoms with E-state index in [1.165, 1.54) is 0 Å². The van der Waals surface area contributed by atoms with Crippen molar-refractivity contribution in [3.05, 3.63) is 0 Å². The fourth-order valence-electron chi connectivity index (χ4n) is 4.06. The van der Waals surface area contributed by atoms with Crippen LogP contribution in [0.4, 0.5) is 0 Å². The van der Waals surface area contributed by atoms with Crippen molar-refractivity contribution >= 4 is 15.4 Å². The smallest absolute Gasteiger partial charge is 0.276 e. The van der Waals surface area contributed by atoms with Crippen LogP contribution in [0.1, 0.15) is 100 Å². The van der Waals surface area contributed by atoms with Gasteiger partial charge in [0, 0.05) is 26.2 Å². The van der Waals surface area contributed by atoms with Crippen LogP contribution in [0.2, 0.25) is 0 Å². The zero-order valence-corrected chi connectivity index (χ0v) is 27.2. The molecule has 8 heteroatoms. The maximum absolute atomic E-state index is 6.51. The van der Waals surface area contributed by atoms with E-state index in [2.05, 4.69) is 60.3 Å². The largest absolute Gasteiger partial charge is 0.379 e. The van der Waals surface area contributed by atoms with Crippen LogP contribution in [0.5, 0.6) is 0 Å². The standard InChI is InChI=1S/C28H63NO5P2/c1-9-19-31-35(24-13-5,32-20-10-2)26-17-29(16-15-23-30-28(7)8)18-27-36(25-14-6,33-21-11-3)34-22-12-4/h28H,9-27H2,1-8H3/q+2. The van der Waals surface area contributed by atoms with Crippen molar-refractivity contribution < 1.29 is 22.8 Å². The molecule has 0 bridgehead atoms. The molecular formula is C28H63NO5P2+2. The summed E-state index contributed by atoms with van der Waals surface area (Å²) in [6.07, 6.45) is 11.7. The Kier molecular flexibility index (Phi) is 23.9. The fraction of sp³-hybridized carbons (Fsp3) is 1.00. The lowest BCUT2D eigenvalue weighted by Crippen LogP contribution is -2.34. The van der Waals surface area contributed by atoms with E-state index in [0.29, 0.717) is 0 Å². The van der Waals surface area contributed by atoms with Gasteiger partial charge in [0.25, 0.3) is 15.4 Å². The predicted octanol–water partition coefficient (Wildman–Crippen LogP) is 8.33. The molecule has 0 amide bonds. The van der Waals surface area contributed by atoms with Crippen molar-refractivity contribution in [2.75, 3.05) is 77.3 Å². The molecule has 0 aromatic rings. The average molecular weight is 556 g/mol. The molecule has 0 saturated heterocycles. The number of hydrogen-bond acceptors (Lipinski definition) is 6. The molecule has 0 N–H and O–H groups in total. The molecule has 218 valence electrons. The second kappa shape index (κ2) is 23.5. The van der Waals surface area contributed by atoms with Crippen LogP contribution in [-0.4, -0.2) is 88.3 Å². The van der Waals surface area contributed by atoms with Crippen molar-refractivity contribution in [3.63, 3.8) is 0 Å². The lowest BCUT2D eigenvalue weighted by Gasteiger charge is -2.30. The fourth-order valence-corrected chi connectivity index (χ4v) is 10.3. The van der Waals surface area contributed by atoms with E-state index in [9.17, 15) is 0 Å². The molecule has 0 saturated carbocycles. The molecule has 0 fully saturated rings. The van der Waals surface area contributed by atoms with Crippen LogP contribution in [0.15, 0.2) is 0 Å². The highest BCUT2D eigenvalue weighted by Crippen LogP contribution is 2.62. The van der Waals surface area contributed by atoms with Gasteiger partial charge < -0.3 is 4.74 Å².